The zero-order valence-electron chi connectivity index (χ0n) is 15.4. The number of aryl methyl sites for hydroxylation is 1. The fraction of sp³-hybridized carbons (Fsp3) is 0.421. The maximum absolute atomic E-state index is 12.7. The first kappa shape index (κ1) is 18.5. The first-order valence-electron chi connectivity index (χ1n) is 9.09. The van der Waals surface area contributed by atoms with E-state index >= 15 is 0 Å². The fourth-order valence-electron chi connectivity index (χ4n) is 3.50. The van der Waals surface area contributed by atoms with Crippen molar-refractivity contribution in [1.82, 2.24) is 19.5 Å². The predicted octanol–water partition coefficient (Wildman–Crippen LogP) is 3.68. The van der Waals surface area contributed by atoms with Gasteiger partial charge in [-0.05, 0) is 30.9 Å². The van der Waals surface area contributed by atoms with Crippen LogP contribution in [0.4, 0.5) is 19.0 Å². The Balaban J connectivity index is 1.36. The van der Waals surface area contributed by atoms with Crippen molar-refractivity contribution < 1.29 is 17.9 Å². The Morgan fingerprint density at radius 3 is 2.68 bits per heavy atom. The lowest BCUT2D eigenvalue weighted by Gasteiger charge is -2.33. The Morgan fingerprint density at radius 1 is 1.14 bits per heavy atom. The summed E-state index contributed by atoms with van der Waals surface area (Å²) >= 11 is 0. The molecule has 0 aliphatic carbocycles. The molecule has 1 fully saturated rings. The first-order valence-corrected chi connectivity index (χ1v) is 9.09. The normalized spacial score (nSPS) is 15.9. The number of pyridine rings is 1. The van der Waals surface area contributed by atoms with Crippen LogP contribution in [-0.2, 0) is 13.2 Å². The number of anilines is 1. The van der Waals surface area contributed by atoms with Crippen molar-refractivity contribution in [2.24, 2.45) is 13.0 Å². The molecule has 0 radical (unpaired) electrons. The molecule has 0 unspecified atom stereocenters. The molecule has 0 amide bonds. The van der Waals surface area contributed by atoms with E-state index in [-0.39, 0.29) is 11.7 Å². The summed E-state index contributed by atoms with van der Waals surface area (Å²) in [6, 6.07) is 4.42. The molecular weight excluding hydrogens is 371 g/mol. The third-order valence-electron chi connectivity index (χ3n) is 5.06. The first-order chi connectivity index (χ1) is 13.4. The van der Waals surface area contributed by atoms with Gasteiger partial charge in [0.05, 0.1) is 12.0 Å². The highest BCUT2D eigenvalue weighted by Crippen LogP contribution is 2.31. The Hall–Kier alpha value is -2.84. The highest BCUT2D eigenvalue weighted by molar-refractivity contribution is 5.87. The molecule has 0 aromatic carbocycles. The topological polar surface area (TPSA) is 56.1 Å². The second kappa shape index (κ2) is 7.29. The molecule has 0 spiro atoms. The number of alkyl halides is 3. The Labute approximate surface area is 160 Å². The van der Waals surface area contributed by atoms with Crippen LogP contribution in [-0.4, -0.2) is 39.2 Å². The zero-order chi connectivity index (χ0) is 19.7. The predicted molar refractivity (Wildman–Crippen MR) is 98.2 cm³/mol. The summed E-state index contributed by atoms with van der Waals surface area (Å²) < 4.78 is 45.8. The van der Waals surface area contributed by atoms with Gasteiger partial charge in [0, 0.05) is 38.6 Å². The number of nitrogens with zero attached hydrogens (tertiary/aromatic N) is 5. The molecule has 0 bridgehead atoms. The summed E-state index contributed by atoms with van der Waals surface area (Å²) in [5.41, 5.74) is -0.0379. The molecule has 148 valence electrons. The van der Waals surface area contributed by atoms with Gasteiger partial charge in [-0.3, -0.25) is 4.98 Å². The monoisotopic (exact) mass is 391 g/mol. The molecule has 0 saturated carbocycles. The van der Waals surface area contributed by atoms with E-state index in [1.165, 1.54) is 6.07 Å². The van der Waals surface area contributed by atoms with Crippen LogP contribution in [0.3, 0.4) is 0 Å². The standard InChI is InChI=1S/C19H20F3N5O/c1-26-7-5-15-17(26)24-12-25-18(15)27-8-3-13(4-9-27)11-28-14-2-6-23-16(10-14)19(20,21)22/h2,5-7,10,12-13H,3-4,8-9,11H2,1H3. The number of aromatic nitrogens is 4. The average Bonchev–Trinajstić information content (AvgIpc) is 3.08. The van der Waals surface area contributed by atoms with Gasteiger partial charge in [-0.25, -0.2) is 9.97 Å². The number of fused-ring (bicyclic) bond motifs is 1. The quantitative estimate of drug-likeness (QED) is 0.679. The Bertz CT molecular complexity index is 964. The van der Waals surface area contributed by atoms with E-state index in [0.29, 0.717) is 6.61 Å². The van der Waals surface area contributed by atoms with Gasteiger partial charge in [-0.1, -0.05) is 0 Å². The molecule has 4 rings (SSSR count). The van der Waals surface area contributed by atoms with Crippen molar-refractivity contribution in [1.29, 1.82) is 0 Å². The van der Waals surface area contributed by atoms with Gasteiger partial charge in [0.1, 0.15) is 29.2 Å². The molecule has 9 heteroatoms. The fourth-order valence-corrected chi connectivity index (χ4v) is 3.50. The van der Waals surface area contributed by atoms with Gasteiger partial charge >= 0.3 is 6.18 Å². The van der Waals surface area contributed by atoms with Gasteiger partial charge in [-0.2, -0.15) is 13.2 Å². The average molecular weight is 391 g/mol. The molecule has 1 aliphatic heterocycles. The van der Waals surface area contributed by atoms with E-state index in [0.717, 1.165) is 55.0 Å². The zero-order valence-corrected chi connectivity index (χ0v) is 15.4. The number of hydrogen-bond donors (Lipinski definition) is 0. The maximum atomic E-state index is 12.7. The van der Waals surface area contributed by atoms with Crippen molar-refractivity contribution in [3.63, 3.8) is 0 Å². The second-order valence-electron chi connectivity index (χ2n) is 6.98. The number of rotatable bonds is 4. The maximum Gasteiger partial charge on any atom is 0.433 e. The number of piperidine rings is 1. The third-order valence-corrected chi connectivity index (χ3v) is 5.06. The summed E-state index contributed by atoms with van der Waals surface area (Å²) in [6.07, 6.45) is 1.97. The number of hydrogen-bond acceptors (Lipinski definition) is 5. The van der Waals surface area contributed by atoms with Gasteiger partial charge in [-0.15, -0.1) is 0 Å². The van der Waals surface area contributed by atoms with E-state index in [2.05, 4.69) is 19.9 Å². The molecule has 1 saturated heterocycles. The van der Waals surface area contributed by atoms with Crippen molar-refractivity contribution in [2.75, 3.05) is 24.6 Å². The lowest BCUT2D eigenvalue weighted by molar-refractivity contribution is -0.141. The molecule has 28 heavy (non-hydrogen) atoms. The van der Waals surface area contributed by atoms with E-state index in [1.54, 1.807) is 6.33 Å². The van der Waals surface area contributed by atoms with Crippen LogP contribution in [0.1, 0.15) is 18.5 Å². The number of halogens is 3. The summed E-state index contributed by atoms with van der Waals surface area (Å²) in [4.78, 5) is 14.4. The highest BCUT2D eigenvalue weighted by Gasteiger charge is 2.32. The number of ether oxygens (including phenoxy) is 1. The van der Waals surface area contributed by atoms with Crippen LogP contribution in [0.15, 0.2) is 36.9 Å². The summed E-state index contributed by atoms with van der Waals surface area (Å²) in [5.74, 6) is 1.41. The van der Waals surface area contributed by atoms with Crippen LogP contribution < -0.4 is 9.64 Å². The Morgan fingerprint density at radius 2 is 1.93 bits per heavy atom. The van der Waals surface area contributed by atoms with Crippen molar-refractivity contribution in [2.45, 2.75) is 19.0 Å². The summed E-state index contributed by atoms with van der Waals surface area (Å²) in [6.45, 7) is 2.03. The second-order valence-corrected chi connectivity index (χ2v) is 6.98. The van der Waals surface area contributed by atoms with E-state index in [1.807, 2.05) is 23.9 Å². The van der Waals surface area contributed by atoms with Gasteiger partial charge in [0.25, 0.3) is 0 Å². The molecule has 6 nitrogen and oxygen atoms in total. The lowest BCUT2D eigenvalue weighted by Crippen LogP contribution is -2.36. The summed E-state index contributed by atoms with van der Waals surface area (Å²) in [7, 11) is 1.95. The van der Waals surface area contributed by atoms with Gasteiger partial charge < -0.3 is 14.2 Å². The van der Waals surface area contributed by atoms with Crippen molar-refractivity contribution in [3.05, 3.63) is 42.6 Å². The molecule has 3 aromatic heterocycles. The minimum atomic E-state index is -4.47. The largest absolute Gasteiger partial charge is 0.493 e. The third kappa shape index (κ3) is 3.74. The van der Waals surface area contributed by atoms with Crippen LogP contribution in [0.25, 0.3) is 11.0 Å². The smallest absolute Gasteiger partial charge is 0.433 e. The highest BCUT2D eigenvalue weighted by atomic mass is 19.4. The molecule has 0 atom stereocenters. The molecule has 1 aliphatic rings. The molecule has 4 heterocycles. The van der Waals surface area contributed by atoms with E-state index in [4.69, 9.17) is 4.74 Å². The van der Waals surface area contributed by atoms with Gasteiger partial charge in [0.2, 0.25) is 0 Å². The Kier molecular flexibility index (Phi) is 4.82. The molecular formula is C19H20F3N5O. The van der Waals surface area contributed by atoms with Crippen molar-refractivity contribution in [3.8, 4) is 5.75 Å². The molecule has 0 N–H and O–H groups in total. The van der Waals surface area contributed by atoms with Crippen LogP contribution >= 0.6 is 0 Å². The summed E-state index contributed by atoms with van der Waals surface area (Å²) in [5, 5.41) is 1.02. The van der Waals surface area contributed by atoms with Crippen LogP contribution in [0, 0.1) is 5.92 Å². The van der Waals surface area contributed by atoms with E-state index < -0.39 is 11.9 Å². The van der Waals surface area contributed by atoms with E-state index in [9.17, 15) is 13.2 Å². The van der Waals surface area contributed by atoms with Crippen LogP contribution in [0.2, 0.25) is 0 Å². The molecule has 3 aromatic rings. The minimum Gasteiger partial charge on any atom is -0.493 e. The minimum absolute atomic E-state index is 0.201. The SMILES string of the molecule is Cn1ccc2c(N3CCC(COc4ccnc(C(F)(F)F)c4)CC3)ncnc21. The van der Waals surface area contributed by atoms with Crippen molar-refractivity contribution >= 4 is 16.9 Å². The van der Waals surface area contributed by atoms with Gasteiger partial charge in [0.15, 0.2) is 0 Å². The lowest BCUT2D eigenvalue weighted by atomic mass is 9.97. The van der Waals surface area contributed by atoms with Crippen LogP contribution in [0.5, 0.6) is 5.75 Å².